The topological polar surface area (TPSA) is 17.8 Å². The zero-order valence-electron chi connectivity index (χ0n) is 8.83. The number of aryl methyl sites for hydroxylation is 2. The van der Waals surface area contributed by atoms with Gasteiger partial charge in [-0.05, 0) is 25.5 Å². The van der Waals surface area contributed by atoms with Crippen LogP contribution in [0.2, 0.25) is 0 Å². The summed E-state index contributed by atoms with van der Waals surface area (Å²) in [6.45, 7) is 5.38. The van der Waals surface area contributed by atoms with Gasteiger partial charge in [0.15, 0.2) is 0 Å². The lowest BCUT2D eigenvalue weighted by molar-refractivity contribution is 0.631. The van der Waals surface area contributed by atoms with Gasteiger partial charge in [-0.2, -0.15) is 0 Å². The van der Waals surface area contributed by atoms with E-state index in [1.54, 1.807) is 0 Å². The lowest BCUT2D eigenvalue weighted by Crippen LogP contribution is -1.99. The van der Waals surface area contributed by atoms with Gasteiger partial charge in [0.2, 0.25) is 0 Å². The number of nitrogens with zero attached hydrogens (tertiary/aromatic N) is 2. The van der Waals surface area contributed by atoms with Crippen molar-refractivity contribution in [2.24, 2.45) is 0 Å². The molecule has 0 atom stereocenters. The number of benzene rings is 1. The third-order valence-electron chi connectivity index (χ3n) is 2.58. The van der Waals surface area contributed by atoms with Crippen LogP contribution in [0, 0.1) is 6.92 Å². The van der Waals surface area contributed by atoms with Crippen molar-refractivity contribution >= 4 is 11.0 Å². The molecule has 0 saturated carbocycles. The molecule has 14 heavy (non-hydrogen) atoms. The summed E-state index contributed by atoms with van der Waals surface area (Å²) in [6, 6.07) is 8.33. The molecule has 2 nitrogen and oxygen atoms in total. The summed E-state index contributed by atoms with van der Waals surface area (Å²) in [5.74, 6) is 1.12. The standard InChI is InChI=1S/C12H16N2/c1-3-4-9-14-10(2)13-11-7-5-6-8-12(11)14/h5-8H,3-4,9H2,1-2H3. The third-order valence-corrected chi connectivity index (χ3v) is 2.58. The second kappa shape index (κ2) is 3.82. The van der Waals surface area contributed by atoms with Crippen LogP contribution >= 0.6 is 0 Å². The summed E-state index contributed by atoms with van der Waals surface area (Å²) in [5.41, 5.74) is 2.37. The van der Waals surface area contributed by atoms with Crippen molar-refractivity contribution in [1.29, 1.82) is 0 Å². The summed E-state index contributed by atoms with van der Waals surface area (Å²) < 4.78 is 2.30. The molecule has 0 N–H and O–H groups in total. The largest absolute Gasteiger partial charge is 0.328 e. The second-order valence-corrected chi connectivity index (χ2v) is 3.65. The maximum absolute atomic E-state index is 4.53. The summed E-state index contributed by atoms with van der Waals surface area (Å²) >= 11 is 0. The van der Waals surface area contributed by atoms with Gasteiger partial charge in [-0.15, -0.1) is 0 Å². The fraction of sp³-hybridized carbons (Fsp3) is 0.417. The van der Waals surface area contributed by atoms with Gasteiger partial charge in [-0.25, -0.2) is 4.98 Å². The number of hydrogen-bond donors (Lipinski definition) is 0. The fourth-order valence-corrected chi connectivity index (χ4v) is 1.79. The van der Waals surface area contributed by atoms with E-state index >= 15 is 0 Å². The Hall–Kier alpha value is -1.31. The molecule has 0 aliphatic rings. The highest BCUT2D eigenvalue weighted by Gasteiger charge is 2.04. The zero-order valence-corrected chi connectivity index (χ0v) is 8.83. The number of para-hydroxylation sites is 2. The minimum absolute atomic E-state index is 1.09. The van der Waals surface area contributed by atoms with E-state index in [1.807, 2.05) is 6.07 Å². The Labute approximate surface area is 84.6 Å². The van der Waals surface area contributed by atoms with Crippen LogP contribution in [0.5, 0.6) is 0 Å². The van der Waals surface area contributed by atoms with Gasteiger partial charge in [0, 0.05) is 6.54 Å². The molecule has 0 fully saturated rings. The molecule has 74 valence electrons. The van der Waals surface area contributed by atoms with E-state index in [1.165, 1.54) is 18.4 Å². The van der Waals surface area contributed by atoms with Crippen molar-refractivity contribution in [3.05, 3.63) is 30.1 Å². The van der Waals surface area contributed by atoms with E-state index in [9.17, 15) is 0 Å². The molecule has 0 spiro atoms. The highest BCUT2D eigenvalue weighted by atomic mass is 15.1. The smallest absolute Gasteiger partial charge is 0.106 e. The number of rotatable bonds is 3. The Balaban J connectivity index is 2.45. The Bertz CT molecular complexity index is 429. The molecule has 0 aliphatic carbocycles. The van der Waals surface area contributed by atoms with Crippen LogP contribution in [0.4, 0.5) is 0 Å². The van der Waals surface area contributed by atoms with E-state index in [2.05, 4.69) is 41.6 Å². The zero-order chi connectivity index (χ0) is 9.97. The van der Waals surface area contributed by atoms with Crippen LogP contribution in [0.1, 0.15) is 25.6 Å². The predicted octanol–water partition coefficient (Wildman–Crippen LogP) is 3.14. The molecule has 0 aliphatic heterocycles. The average molecular weight is 188 g/mol. The number of hydrogen-bond acceptors (Lipinski definition) is 1. The van der Waals surface area contributed by atoms with Gasteiger partial charge >= 0.3 is 0 Å². The van der Waals surface area contributed by atoms with Crippen molar-refractivity contribution in [1.82, 2.24) is 9.55 Å². The van der Waals surface area contributed by atoms with Crippen molar-refractivity contribution in [3.63, 3.8) is 0 Å². The van der Waals surface area contributed by atoms with Gasteiger partial charge in [-0.3, -0.25) is 0 Å². The molecule has 0 bridgehead atoms. The van der Waals surface area contributed by atoms with E-state index in [4.69, 9.17) is 0 Å². The highest BCUT2D eigenvalue weighted by Crippen LogP contribution is 2.15. The Morgan fingerprint density at radius 2 is 2.07 bits per heavy atom. The molecule has 2 aromatic rings. The molecular weight excluding hydrogens is 172 g/mol. The summed E-state index contributed by atoms with van der Waals surface area (Å²) in [6.07, 6.45) is 2.45. The van der Waals surface area contributed by atoms with Gasteiger partial charge in [0.1, 0.15) is 5.82 Å². The van der Waals surface area contributed by atoms with Gasteiger partial charge < -0.3 is 4.57 Å². The highest BCUT2D eigenvalue weighted by molar-refractivity contribution is 5.75. The molecule has 2 rings (SSSR count). The minimum Gasteiger partial charge on any atom is -0.328 e. The third kappa shape index (κ3) is 1.52. The summed E-state index contributed by atoms with van der Waals surface area (Å²) in [4.78, 5) is 4.53. The van der Waals surface area contributed by atoms with Crippen LogP contribution in [0.15, 0.2) is 24.3 Å². The molecule has 1 aromatic heterocycles. The van der Waals surface area contributed by atoms with Crippen LogP contribution in [0.3, 0.4) is 0 Å². The van der Waals surface area contributed by atoms with Crippen molar-refractivity contribution in [2.75, 3.05) is 0 Å². The minimum atomic E-state index is 1.09. The molecule has 0 unspecified atom stereocenters. The Morgan fingerprint density at radius 3 is 2.86 bits per heavy atom. The molecule has 1 heterocycles. The quantitative estimate of drug-likeness (QED) is 0.723. The average Bonchev–Trinajstić information content (AvgIpc) is 2.51. The number of imidazole rings is 1. The van der Waals surface area contributed by atoms with Crippen LogP contribution in [-0.4, -0.2) is 9.55 Å². The van der Waals surface area contributed by atoms with Crippen LogP contribution in [0.25, 0.3) is 11.0 Å². The number of unbranched alkanes of at least 4 members (excludes halogenated alkanes) is 1. The van der Waals surface area contributed by atoms with Gasteiger partial charge in [0.25, 0.3) is 0 Å². The molecule has 0 saturated heterocycles. The first-order valence-electron chi connectivity index (χ1n) is 5.25. The molecule has 0 amide bonds. The van der Waals surface area contributed by atoms with E-state index < -0.39 is 0 Å². The first-order chi connectivity index (χ1) is 6.83. The molecular formula is C12H16N2. The number of fused-ring (bicyclic) bond motifs is 1. The van der Waals surface area contributed by atoms with Crippen LogP contribution < -0.4 is 0 Å². The van der Waals surface area contributed by atoms with Gasteiger partial charge in [-0.1, -0.05) is 25.5 Å². The SMILES string of the molecule is CCCCn1c(C)nc2ccccc21. The normalized spacial score (nSPS) is 11.0. The van der Waals surface area contributed by atoms with Crippen molar-refractivity contribution in [3.8, 4) is 0 Å². The Kier molecular flexibility index (Phi) is 2.53. The maximum atomic E-state index is 4.53. The Morgan fingerprint density at radius 1 is 1.29 bits per heavy atom. The summed E-state index contributed by atoms with van der Waals surface area (Å²) in [5, 5.41) is 0. The lowest BCUT2D eigenvalue weighted by Gasteiger charge is -2.04. The molecule has 2 heteroatoms. The van der Waals surface area contributed by atoms with E-state index in [-0.39, 0.29) is 0 Å². The molecule has 0 radical (unpaired) electrons. The first kappa shape index (κ1) is 9.25. The first-order valence-corrected chi connectivity index (χ1v) is 5.25. The van der Waals surface area contributed by atoms with Crippen molar-refractivity contribution < 1.29 is 0 Å². The van der Waals surface area contributed by atoms with Gasteiger partial charge in [0.05, 0.1) is 11.0 Å². The lowest BCUT2D eigenvalue weighted by atomic mass is 10.3. The number of aromatic nitrogens is 2. The predicted molar refractivity (Wildman–Crippen MR) is 59.4 cm³/mol. The molecule has 1 aromatic carbocycles. The second-order valence-electron chi connectivity index (χ2n) is 3.65. The van der Waals surface area contributed by atoms with E-state index in [0.717, 1.165) is 17.9 Å². The van der Waals surface area contributed by atoms with E-state index in [0.29, 0.717) is 0 Å². The van der Waals surface area contributed by atoms with Crippen LogP contribution in [-0.2, 0) is 6.54 Å². The summed E-state index contributed by atoms with van der Waals surface area (Å²) in [7, 11) is 0. The monoisotopic (exact) mass is 188 g/mol. The fourth-order valence-electron chi connectivity index (χ4n) is 1.79. The van der Waals surface area contributed by atoms with Crippen molar-refractivity contribution in [2.45, 2.75) is 33.2 Å². The maximum Gasteiger partial charge on any atom is 0.106 e.